The highest BCUT2D eigenvalue weighted by molar-refractivity contribution is 6.30. The monoisotopic (exact) mass is 310 g/mol. The van der Waals surface area contributed by atoms with Crippen molar-refractivity contribution in [3.8, 4) is 5.75 Å². The summed E-state index contributed by atoms with van der Waals surface area (Å²) in [6, 6.07) is 5.47. The molecule has 21 heavy (non-hydrogen) atoms. The molecular formula is C18H27ClO2. The largest absolute Gasteiger partial charge is 0.496 e. The van der Waals surface area contributed by atoms with Gasteiger partial charge in [0, 0.05) is 10.6 Å². The zero-order valence-corrected chi connectivity index (χ0v) is 14.3. The fraction of sp³-hybridized carbons (Fsp3) is 0.667. The molecule has 0 aliphatic heterocycles. The molecule has 2 rings (SSSR count). The fourth-order valence-corrected chi connectivity index (χ4v) is 3.67. The van der Waals surface area contributed by atoms with E-state index in [1.54, 1.807) is 13.2 Å². The third kappa shape index (κ3) is 3.92. The second-order valence-electron chi connectivity index (χ2n) is 7.31. The molecule has 0 aromatic heterocycles. The summed E-state index contributed by atoms with van der Waals surface area (Å²) in [5, 5.41) is 11.4. The molecule has 2 nitrogen and oxygen atoms in total. The van der Waals surface area contributed by atoms with E-state index in [-0.39, 0.29) is 0 Å². The maximum absolute atomic E-state index is 10.7. The fourth-order valence-electron chi connectivity index (χ4n) is 3.49. The molecule has 1 aromatic carbocycles. The summed E-state index contributed by atoms with van der Waals surface area (Å²) >= 11 is 6.07. The Labute approximate surface area is 133 Å². The third-order valence-corrected chi connectivity index (χ3v) is 5.19. The molecule has 1 saturated carbocycles. The Balaban J connectivity index is 2.08. The summed E-state index contributed by atoms with van der Waals surface area (Å²) in [4.78, 5) is 0. The van der Waals surface area contributed by atoms with E-state index in [1.165, 1.54) is 12.8 Å². The normalized spacial score (nSPS) is 24.7. The Morgan fingerprint density at radius 1 is 1.19 bits per heavy atom. The van der Waals surface area contributed by atoms with Crippen molar-refractivity contribution in [2.75, 3.05) is 7.11 Å². The van der Waals surface area contributed by atoms with Gasteiger partial charge in [-0.2, -0.15) is 0 Å². The maximum atomic E-state index is 10.7. The quantitative estimate of drug-likeness (QED) is 0.828. The van der Waals surface area contributed by atoms with Gasteiger partial charge in [0.2, 0.25) is 0 Å². The minimum Gasteiger partial charge on any atom is -0.496 e. The second-order valence-corrected chi connectivity index (χ2v) is 7.75. The van der Waals surface area contributed by atoms with Crippen LogP contribution in [-0.4, -0.2) is 12.2 Å². The van der Waals surface area contributed by atoms with Crippen LogP contribution in [0.1, 0.15) is 58.1 Å². The molecule has 0 spiro atoms. The average Bonchev–Trinajstić information content (AvgIpc) is 2.45. The Hall–Kier alpha value is -0.730. The Kier molecular flexibility index (Phi) is 5.21. The molecule has 1 aliphatic carbocycles. The lowest BCUT2D eigenvalue weighted by Crippen LogP contribution is -2.28. The number of hydrogen-bond acceptors (Lipinski definition) is 2. The molecule has 0 bridgehead atoms. The van der Waals surface area contributed by atoms with Gasteiger partial charge in [-0.25, -0.2) is 0 Å². The van der Waals surface area contributed by atoms with Crippen LogP contribution in [0, 0.1) is 17.3 Å². The van der Waals surface area contributed by atoms with E-state index in [4.69, 9.17) is 16.3 Å². The van der Waals surface area contributed by atoms with Crippen LogP contribution in [0.2, 0.25) is 5.02 Å². The molecule has 1 unspecified atom stereocenters. The first-order chi connectivity index (χ1) is 9.82. The summed E-state index contributed by atoms with van der Waals surface area (Å²) in [6.07, 6.45) is 4.03. The van der Waals surface area contributed by atoms with Gasteiger partial charge in [0.05, 0.1) is 13.2 Å². The zero-order chi connectivity index (χ0) is 15.6. The third-order valence-electron chi connectivity index (χ3n) is 4.95. The molecule has 118 valence electrons. The van der Waals surface area contributed by atoms with Crippen LogP contribution >= 0.6 is 11.6 Å². The van der Waals surface area contributed by atoms with Crippen molar-refractivity contribution >= 4 is 11.6 Å². The van der Waals surface area contributed by atoms with Crippen molar-refractivity contribution in [2.24, 2.45) is 17.3 Å². The average molecular weight is 311 g/mol. The predicted octanol–water partition coefficient (Wildman–Crippen LogP) is 5.23. The van der Waals surface area contributed by atoms with Crippen molar-refractivity contribution in [1.82, 2.24) is 0 Å². The highest BCUT2D eigenvalue weighted by Gasteiger charge is 2.33. The van der Waals surface area contributed by atoms with E-state index in [1.807, 2.05) is 12.1 Å². The van der Waals surface area contributed by atoms with Crippen LogP contribution in [-0.2, 0) is 0 Å². The minimum absolute atomic E-state index is 0.302. The first-order valence-electron chi connectivity index (χ1n) is 7.84. The highest BCUT2D eigenvalue weighted by atomic mass is 35.5. The SMILES string of the molecule is COc1ccc(Cl)cc1C(O)C1CCC(C(C)(C)C)CC1. The van der Waals surface area contributed by atoms with Crippen LogP contribution in [0.15, 0.2) is 18.2 Å². The van der Waals surface area contributed by atoms with Crippen LogP contribution < -0.4 is 4.74 Å². The molecule has 1 atom stereocenters. The second kappa shape index (κ2) is 6.58. The molecule has 1 fully saturated rings. The van der Waals surface area contributed by atoms with Crippen molar-refractivity contribution in [2.45, 2.75) is 52.6 Å². The zero-order valence-electron chi connectivity index (χ0n) is 13.5. The van der Waals surface area contributed by atoms with Crippen molar-refractivity contribution < 1.29 is 9.84 Å². The van der Waals surface area contributed by atoms with Crippen molar-refractivity contribution in [3.63, 3.8) is 0 Å². The first-order valence-corrected chi connectivity index (χ1v) is 8.22. The Bertz CT molecular complexity index is 471. The lowest BCUT2D eigenvalue weighted by Gasteiger charge is -2.38. The summed E-state index contributed by atoms with van der Waals surface area (Å²) in [5.41, 5.74) is 1.19. The van der Waals surface area contributed by atoms with E-state index >= 15 is 0 Å². The van der Waals surface area contributed by atoms with Gasteiger partial charge in [0.1, 0.15) is 5.75 Å². The van der Waals surface area contributed by atoms with Gasteiger partial charge in [-0.15, -0.1) is 0 Å². The van der Waals surface area contributed by atoms with Crippen molar-refractivity contribution in [3.05, 3.63) is 28.8 Å². The van der Waals surface area contributed by atoms with Crippen LogP contribution in [0.5, 0.6) is 5.75 Å². The molecule has 1 aromatic rings. The van der Waals surface area contributed by atoms with E-state index in [2.05, 4.69) is 20.8 Å². The molecule has 1 N–H and O–H groups in total. The smallest absolute Gasteiger partial charge is 0.124 e. The van der Waals surface area contributed by atoms with Gasteiger partial charge in [0.15, 0.2) is 0 Å². The standard InChI is InChI=1S/C18H27ClO2/c1-18(2,3)13-7-5-12(6-8-13)17(20)15-11-14(19)9-10-16(15)21-4/h9-13,17,20H,5-8H2,1-4H3. The Morgan fingerprint density at radius 3 is 2.33 bits per heavy atom. The van der Waals surface area contributed by atoms with Gasteiger partial charge >= 0.3 is 0 Å². The number of hydrogen-bond donors (Lipinski definition) is 1. The van der Waals surface area contributed by atoms with Gasteiger partial charge in [-0.3, -0.25) is 0 Å². The summed E-state index contributed by atoms with van der Waals surface area (Å²) in [6.45, 7) is 6.94. The first kappa shape index (κ1) is 16.6. The van der Waals surface area contributed by atoms with Crippen molar-refractivity contribution in [1.29, 1.82) is 0 Å². The number of ether oxygens (including phenoxy) is 1. The summed E-state index contributed by atoms with van der Waals surface area (Å²) in [5.74, 6) is 1.78. The molecule has 0 amide bonds. The summed E-state index contributed by atoms with van der Waals surface area (Å²) < 4.78 is 5.37. The lowest BCUT2D eigenvalue weighted by molar-refractivity contribution is 0.0513. The van der Waals surface area contributed by atoms with Crippen LogP contribution in [0.25, 0.3) is 0 Å². The topological polar surface area (TPSA) is 29.5 Å². The predicted molar refractivity (Wildman–Crippen MR) is 87.9 cm³/mol. The molecule has 0 radical (unpaired) electrons. The van der Waals surface area contributed by atoms with Gasteiger partial charge in [-0.1, -0.05) is 32.4 Å². The number of halogens is 1. The molecule has 0 saturated heterocycles. The maximum Gasteiger partial charge on any atom is 0.124 e. The number of aliphatic hydroxyl groups excluding tert-OH is 1. The minimum atomic E-state index is -0.487. The molecule has 3 heteroatoms. The molecule has 1 aliphatic rings. The van der Waals surface area contributed by atoms with E-state index in [0.29, 0.717) is 16.4 Å². The molecular weight excluding hydrogens is 284 g/mol. The number of rotatable bonds is 3. The lowest BCUT2D eigenvalue weighted by atomic mass is 9.68. The number of methoxy groups -OCH3 is 1. The Morgan fingerprint density at radius 2 is 1.81 bits per heavy atom. The van der Waals surface area contributed by atoms with E-state index < -0.39 is 6.10 Å². The van der Waals surface area contributed by atoms with Crippen LogP contribution in [0.4, 0.5) is 0 Å². The molecule has 0 heterocycles. The van der Waals surface area contributed by atoms with Gasteiger partial charge in [0.25, 0.3) is 0 Å². The number of benzene rings is 1. The van der Waals surface area contributed by atoms with Gasteiger partial charge < -0.3 is 9.84 Å². The van der Waals surface area contributed by atoms with E-state index in [9.17, 15) is 5.11 Å². The van der Waals surface area contributed by atoms with E-state index in [0.717, 1.165) is 30.1 Å². The van der Waals surface area contributed by atoms with Crippen LogP contribution in [0.3, 0.4) is 0 Å². The van der Waals surface area contributed by atoms with Gasteiger partial charge in [-0.05, 0) is 61.1 Å². The number of aliphatic hydroxyl groups is 1. The highest BCUT2D eigenvalue weighted by Crippen LogP contribution is 2.44. The summed E-state index contributed by atoms with van der Waals surface area (Å²) in [7, 11) is 1.63.